The van der Waals surface area contributed by atoms with Crippen LogP contribution in [-0.4, -0.2) is 20.5 Å². The second-order valence-electron chi connectivity index (χ2n) is 11.4. The van der Waals surface area contributed by atoms with Gasteiger partial charge in [0.1, 0.15) is 17.2 Å². The van der Waals surface area contributed by atoms with Crippen LogP contribution in [0, 0.1) is 0 Å². The van der Waals surface area contributed by atoms with E-state index in [0.29, 0.717) is 22.4 Å². The van der Waals surface area contributed by atoms with Crippen molar-refractivity contribution in [2.75, 3.05) is 7.11 Å². The second kappa shape index (κ2) is 9.65. The van der Waals surface area contributed by atoms with Gasteiger partial charge >= 0.3 is 0 Å². The first kappa shape index (κ1) is 26.1. The van der Waals surface area contributed by atoms with E-state index in [1.807, 2.05) is 18.2 Å². The summed E-state index contributed by atoms with van der Waals surface area (Å²) in [6.07, 6.45) is 0. The Hall–Kier alpha value is -2.46. The third-order valence-corrected chi connectivity index (χ3v) is 13.3. The number of hydrogen-bond acceptors (Lipinski definition) is 3. The number of benzene rings is 3. The lowest BCUT2D eigenvalue weighted by Crippen LogP contribution is -2.50. The standard InChI is InChI=1S/C30H42O3Si/c1-19(2)34(20(3)4,21(5)6)33-27-16-15-22-13-11-12-14-24(22)28(27)25-17-23(32-10)18-26(29(25)31)30(7,8)9/h11-21,31H,1-10H3. The lowest BCUT2D eigenvalue weighted by molar-refractivity contribution is 0.406. The number of rotatable bonds is 7. The highest BCUT2D eigenvalue weighted by atomic mass is 28.4. The van der Waals surface area contributed by atoms with E-state index in [1.54, 1.807) is 7.11 Å². The molecule has 0 aromatic heterocycles. The second-order valence-corrected chi connectivity index (χ2v) is 16.8. The van der Waals surface area contributed by atoms with Crippen LogP contribution in [0.3, 0.4) is 0 Å². The van der Waals surface area contributed by atoms with Crippen LogP contribution in [0.25, 0.3) is 21.9 Å². The molecule has 0 atom stereocenters. The number of ether oxygens (including phenoxy) is 1. The monoisotopic (exact) mass is 478 g/mol. The molecule has 0 saturated heterocycles. The topological polar surface area (TPSA) is 38.7 Å². The van der Waals surface area contributed by atoms with Crippen LogP contribution >= 0.6 is 0 Å². The van der Waals surface area contributed by atoms with Crippen molar-refractivity contribution >= 4 is 19.1 Å². The first-order valence-corrected chi connectivity index (χ1v) is 14.6. The van der Waals surface area contributed by atoms with Crippen molar-refractivity contribution in [1.82, 2.24) is 0 Å². The van der Waals surface area contributed by atoms with Gasteiger partial charge in [-0.3, -0.25) is 0 Å². The third kappa shape index (κ3) is 4.57. The van der Waals surface area contributed by atoms with Crippen molar-refractivity contribution in [3.05, 3.63) is 54.1 Å². The summed E-state index contributed by atoms with van der Waals surface area (Å²) in [5.41, 5.74) is 3.64. The number of phenolic OH excluding ortho intramolecular Hbond substituents is 1. The Morgan fingerprint density at radius 2 is 1.41 bits per heavy atom. The highest BCUT2D eigenvalue weighted by Crippen LogP contribution is 2.50. The van der Waals surface area contributed by atoms with E-state index in [1.165, 1.54) is 0 Å². The largest absolute Gasteiger partial charge is 0.542 e. The summed E-state index contributed by atoms with van der Waals surface area (Å²) in [6.45, 7) is 20.1. The molecule has 0 saturated carbocycles. The third-order valence-electron chi connectivity index (χ3n) is 7.28. The first-order chi connectivity index (χ1) is 15.8. The summed E-state index contributed by atoms with van der Waals surface area (Å²) >= 11 is 0. The summed E-state index contributed by atoms with van der Waals surface area (Å²) in [5.74, 6) is 1.88. The highest BCUT2D eigenvalue weighted by Gasteiger charge is 2.47. The van der Waals surface area contributed by atoms with Crippen LogP contribution in [0.5, 0.6) is 17.2 Å². The van der Waals surface area contributed by atoms with E-state index < -0.39 is 8.32 Å². The molecule has 34 heavy (non-hydrogen) atoms. The Balaban J connectivity index is 2.42. The molecule has 0 spiro atoms. The van der Waals surface area contributed by atoms with Gasteiger partial charge in [-0.2, -0.15) is 0 Å². The van der Waals surface area contributed by atoms with Crippen molar-refractivity contribution in [3.63, 3.8) is 0 Å². The fraction of sp³-hybridized carbons (Fsp3) is 0.467. The van der Waals surface area contributed by atoms with Gasteiger partial charge in [0, 0.05) is 16.7 Å². The van der Waals surface area contributed by atoms with Gasteiger partial charge < -0.3 is 14.3 Å². The fourth-order valence-electron chi connectivity index (χ4n) is 5.65. The predicted octanol–water partition coefficient (Wildman–Crippen LogP) is 9.07. The number of aromatic hydroxyl groups is 1. The maximum atomic E-state index is 11.6. The molecule has 3 rings (SSSR count). The van der Waals surface area contributed by atoms with E-state index in [9.17, 15) is 5.11 Å². The number of hydrogen-bond donors (Lipinski definition) is 1. The van der Waals surface area contributed by atoms with Crippen LogP contribution in [0.2, 0.25) is 16.6 Å². The van der Waals surface area contributed by atoms with E-state index >= 15 is 0 Å². The number of methoxy groups -OCH3 is 1. The zero-order valence-electron chi connectivity index (χ0n) is 22.6. The number of fused-ring (bicyclic) bond motifs is 1. The summed E-state index contributed by atoms with van der Waals surface area (Å²) in [7, 11) is -0.545. The van der Waals surface area contributed by atoms with Crippen molar-refractivity contribution in [2.45, 2.75) is 84.4 Å². The van der Waals surface area contributed by atoms with E-state index in [0.717, 1.165) is 39.0 Å². The zero-order chi connectivity index (χ0) is 25.4. The fourth-order valence-corrected chi connectivity index (χ4v) is 10.9. The molecule has 0 unspecified atom stereocenters. The average molecular weight is 479 g/mol. The van der Waals surface area contributed by atoms with E-state index in [-0.39, 0.29) is 5.41 Å². The molecule has 0 fully saturated rings. The Kier molecular flexibility index (Phi) is 7.42. The average Bonchev–Trinajstić information content (AvgIpc) is 2.76. The van der Waals surface area contributed by atoms with Crippen molar-refractivity contribution < 1.29 is 14.3 Å². The van der Waals surface area contributed by atoms with Gasteiger partial charge in [-0.15, -0.1) is 0 Å². The summed E-state index contributed by atoms with van der Waals surface area (Å²) < 4.78 is 12.9. The van der Waals surface area contributed by atoms with Crippen LogP contribution in [0.15, 0.2) is 48.5 Å². The van der Waals surface area contributed by atoms with Gasteiger partial charge in [0.25, 0.3) is 8.32 Å². The minimum atomic E-state index is -2.22. The predicted molar refractivity (Wildman–Crippen MR) is 148 cm³/mol. The van der Waals surface area contributed by atoms with Gasteiger partial charge in [-0.25, -0.2) is 0 Å². The van der Waals surface area contributed by atoms with Gasteiger partial charge in [0.05, 0.1) is 7.11 Å². The molecular weight excluding hydrogens is 436 g/mol. The first-order valence-electron chi connectivity index (χ1n) is 12.5. The molecule has 0 aliphatic rings. The van der Waals surface area contributed by atoms with Gasteiger partial charge in [0.15, 0.2) is 0 Å². The molecule has 0 radical (unpaired) electrons. The molecule has 3 nitrogen and oxygen atoms in total. The van der Waals surface area contributed by atoms with E-state index in [2.05, 4.69) is 92.6 Å². The zero-order valence-corrected chi connectivity index (χ0v) is 23.6. The Bertz CT molecular complexity index is 1130. The lowest BCUT2D eigenvalue weighted by Gasteiger charge is -2.42. The normalized spacial score (nSPS) is 12.7. The lowest BCUT2D eigenvalue weighted by atomic mass is 9.83. The van der Waals surface area contributed by atoms with Gasteiger partial charge in [-0.05, 0) is 51.0 Å². The van der Waals surface area contributed by atoms with Crippen LogP contribution in [0.4, 0.5) is 0 Å². The molecule has 0 aliphatic heterocycles. The molecule has 0 heterocycles. The van der Waals surface area contributed by atoms with Crippen molar-refractivity contribution in [3.8, 4) is 28.4 Å². The Morgan fingerprint density at radius 1 is 0.824 bits per heavy atom. The van der Waals surface area contributed by atoms with Crippen LogP contribution in [0.1, 0.15) is 67.9 Å². The molecule has 184 valence electrons. The SMILES string of the molecule is COc1cc(-c2c(O[Si](C(C)C)(C(C)C)C(C)C)ccc3ccccc23)c(O)c(C(C)(C)C)c1. The summed E-state index contributed by atoms with van der Waals surface area (Å²) in [6, 6.07) is 16.5. The smallest absolute Gasteiger partial charge is 0.258 e. The maximum absolute atomic E-state index is 11.6. The van der Waals surface area contributed by atoms with Crippen LogP contribution in [-0.2, 0) is 5.41 Å². The molecule has 3 aromatic carbocycles. The van der Waals surface area contributed by atoms with Crippen molar-refractivity contribution in [1.29, 1.82) is 0 Å². The Morgan fingerprint density at radius 3 is 1.94 bits per heavy atom. The summed E-state index contributed by atoms with van der Waals surface area (Å²) in [4.78, 5) is 0. The molecule has 1 N–H and O–H groups in total. The molecule has 0 bridgehead atoms. The highest BCUT2D eigenvalue weighted by molar-refractivity contribution is 6.78. The Labute approximate surface area is 207 Å². The van der Waals surface area contributed by atoms with Crippen molar-refractivity contribution in [2.24, 2.45) is 0 Å². The van der Waals surface area contributed by atoms with Crippen LogP contribution < -0.4 is 9.16 Å². The van der Waals surface area contributed by atoms with Gasteiger partial charge in [0.2, 0.25) is 0 Å². The minimum Gasteiger partial charge on any atom is -0.542 e. The maximum Gasteiger partial charge on any atom is 0.258 e. The van der Waals surface area contributed by atoms with E-state index in [4.69, 9.17) is 9.16 Å². The molecular formula is C30H42O3Si. The molecule has 0 aliphatic carbocycles. The quantitative estimate of drug-likeness (QED) is 0.344. The number of phenols is 1. The molecule has 0 amide bonds. The minimum absolute atomic E-state index is 0.245. The molecule has 3 aromatic rings. The van der Waals surface area contributed by atoms with Gasteiger partial charge in [-0.1, -0.05) is 92.6 Å². The summed E-state index contributed by atoms with van der Waals surface area (Å²) in [5, 5.41) is 13.8. The molecule has 4 heteroatoms.